The molecule has 8 heteroatoms. The highest BCUT2D eigenvalue weighted by atomic mass is 19.4. The zero-order chi connectivity index (χ0) is 21.1. The molecule has 1 saturated carbocycles. The Kier molecular flexibility index (Phi) is 6.39. The summed E-state index contributed by atoms with van der Waals surface area (Å²) >= 11 is 0. The van der Waals surface area contributed by atoms with Gasteiger partial charge >= 0.3 is 12.2 Å². The third kappa shape index (κ3) is 5.42. The lowest BCUT2D eigenvalue weighted by molar-refractivity contribution is -0.162. The molecule has 0 radical (unpaired) electrons. The van der Waals surface area contributed by atoms with Gasteiger partial charge in [-0.3, -0.25) is 4.79 Å². The quantitative estimate of drug-likeness (QED) is 0.823. The van der Waals surface area contributed by atoms with Gasteiger partial charge in [-0.25, -0.2) is 4.79 Å². The predicted octanol–water partition coefficient (Wildman–Crippen LogP) is 3.61. The summed E-state index contributed by atoms with van der Waals surface area (Å²) in [4.78, 5) is 27.1. The van der Waals surface area contributed by atoms with Crippen molar-refractivity contribution in [3.8, 4) is 0 Å². The molecule has 1 aliphatic carbocycles. The van der Waals surface area contributed by atoms with Gasteiger partial charge in [-0.1, -0.05) is 42.7 Å². The number of alkyl halides is 3. The molecule has 3 rings (SSSR count). The van der Waals surface area contributed by atoms with Crippen molar-refractivity contribution in [1.82, 2.24) is 15.1 Å². The zero-order valence-electron chi connectivity index (χ0n) is 16.7. The van der Waals surface area contributed by atoms with Crippen molar-refractivity contribution in [2.24, 2.45) is 0 Å². The van der Waals surface area contributed by atoms with E-state index in [0.29, 0.717) is 6.54 Å². The van der Waals surface area contributed by atoms with E-state index in [0.717, 1.165) is 25.7 Å². The Balaban J connectivity index is 1.54. The van der Waals surface area contributed by atoms with Crippen molar-refractivity contribution in [2.75, 3.05) is 32.7 Å². The van der Waals surface area contributed by atoms with Crippen LogP contribution in [0.25, 0.3) is 0 Å². The van der Waals surface area contributed by atoms with Crippen molar-refractivity contribution in [2.45, 2.75) is 50.6 Å². The molecule has 2 aliphatic rings. The molecule has 160 valence electrons. The Labute approximate surface area is 169 Å². The minimum absolute atomic E-state index is 0.0633. The molecule has 1 heterocycles. The molecule has 5 nitrogen and oxygen atoms in total. The molecule has 0 bridgehead atoms. The Bertz CT molecular complexity index is 737. The Morgan fingerprint density at radius 1 is 1.07 bits per heavy atom. The van der Waals surface area contributed by atoms with E-state index < -0.39 is 18.5 Å². The minimum atomic E-state index is -4.50. The first kappa shape index (κ1) is 21.5. The number of benzene rings is 1. The molecule has 3 amide bonds. The minimum Gasteiger partial charge on any atom is -0.339 e. The van der Waals surface area contributed by atoms with E-state index in [4.69, 9.17) is 0 Å². The number of aryl methyl sites for hydroxylation is 1. The van der Waals surface area contributed by atoms with Gasteiger partial charge in [0.1, 0.15) is 6.42 Å². The van der Waals surface area contributed by atoms with Gasteiger partial charge in [0.15, 0.2) is 0 Å². The summed E-state index contributed by atoms with van der Waals surface area (Å²) in [7, 11) is 0. The van der Waals surface area contributed by atoms with Crippen LogP contribution in [-0.4, -0.2) is 60.6 Å². The summed E-state index contributed by atoms with van der Waals surface area (Å²) in [6.45, 7) is 3.35. The smallest absolute Gasteiger partial charge is 0.339 e. The number of nitrogens with one attached hydrogen (secondary N) is 1. The highest BCUT2D eigenvalue weighted by molar-refractivity contribution is 5.78. The molecule has 29 heavy (non-hydrogen) atoms. The number of amides is 3. The van der Waals surface area contributed by atoms with E-state index in [1.165, 1.54) is 16.0 Å². The average Bonchev–Trinajstić information content (AvgIpc) is 3.15. The second-order valence-electron chi connectivity index (χ2n) is 8.18. The number of piperazine rings is 1. The molecule has 1 aromatic carbocycles. The number of carbonyl (C=O) groups is 2. The standard InChI is InChI=1S/C21H28F3N3O2/c1-16-5-4-6-17(13-16)20(7-2-3-8-20)15-25-19(29)27-11-9-26(10-12-27)18(28)14-21(22,23)24/h4-6,13H,2-3,7-12,14-15H2,1H3,(H,25,29). The van der Waals surface area contributed by atoms with Crippen LogP contribution in [0.3, 0.4) is 0 Å². The number of hydrogen-bond acceptors (Lipinski definition) is 2. The maximum Gasteiger partial charge on any atom is 0.397 e. The fourth-order valence-corrected chi connectivity index (χ4v) is 4.39. The molecule has 0 aromatic heterocycles. The topological polar surface area (TPSA) is 52.7 Å². The van der Waals surface area contributed by atoms with Gasteiger partial charge < -0.3 is 15.1 Å². The van der Waals surface area contributed by atoms with E-state index in [1.807, 2.05) is 6.07 Å². The van der Waals surface area contributed by atoms with Crippen molar-refractivity contribution < 1.29 is 22.8 Å². The molecule has 1 N–H and O–H groups in total. The summed E-state index contributed by atoms with van der Waals surface area (Å²) in [5.41, 5.74) is 2.38. The van der Waals surface area contributed by atoms with Crippen LogP contribution in [0, 0.1) is 6.92 Å². The lowest BCUT2D eigenvalue weighted by Crippen LogP contribution is -2.54. The van der Waals surface area contributed by atoms with Crippen LogP contribution in [0.5, 0.6) is 0 Å². The molecule has 2 fully saturated rings. The molecule has 0 unspecified atom stereocenters. The van der Waals surface area contributed by atoms with Gasteiger partial charge in [0.2, 0.25) is 5.91 Å². The van der Waals surface area contributed by atoms with Gasteiger partial charge in [0, 0.05) is 38.1 Å². The van der Waals surface area contributed by atoms with Crippen molar-refractivity contribution in [3.63, 3.8) is 0 Å². The third-order valence-electron chi connectivity index (χ3n) is 6.04. The van der Waals surface area contributed by atoms with Crippen molar-refractivity contribution >= 4 is 11.9 Å². The normalized spacial score (nSPS) is 19.3. The second kappa shape index (κ2) is 8.63. The summed E-state index contributed by atoms with van der Waals surface area (Å²) in [6.07, 6.45) is -1.64. The van der Waals surface area contributed by atoms with Gasteiger partial charge in [-0.05, 0) is 25.3 Å². The van der Waals surface area contributed by atoms with Gasteiger partial charge in [-0.2, -0.15) is 13.2 Å². The molecular weight excluding hydrogens is 383 g/mol. The van der Waals surface area contributed by atoms with Crippen LogP contribution in [0.15, 0.2) is 24.3 Å². The van der Waals surface area contributed by atoms with E-state index in [9.17, 15) is 22.8 Å². The molecular formula is C21H28F3N3O2. The molecule has 1 saturated heterocycles. The van der Waals surface area contributed by atoms with Gasteiger partial charge in [0.25, 0.3) is 0 Å². The van der Waals surface area contributed by atoms with E-state index in [1.54, 1.807) is 4.90 Å². The fourth-order valence-electron chi connectivity index (χ4n) is 4.39. The van der Waals surface area contributed by atoms with Crippen LogP contribution in [-0.2, 0) is 10.2 Å². The number of nitrogens with zero attached hydrogens (tertiary/aromatic N) is 2. The summed E-state index contributed by atoms with van der Waals surface area (Å²) in [6, 6.07) is 8.19. The van der Waals surface area contributed by atoms with Crippen LogP contribution in [0.1, 0.15) is 43.2 Å². The number of halogens is 3. The summed E-state index contributed by atoms with van der Waals surface area (Å²) in [5.74, 6) is -0.929. The van der Waals surface area contributed by atoms with E-state index in [-0.39, 0.29) is 37.6 Å². The first-order valence-corrected chi connectivity index (χ1v) is 10.1. The zero-order valence-corrected chi connectivity index (χ0v) is 16.7. The number of rotatable bonds is 4. The Hall–Kier alpha value is -2.25. The highest BCUT2D eigenvalue weighted by Gasteiger charge is 2.37. The second-order valence-corrected chi connectivity index (χ2v) is 8.18. The first-order chi connectivity index (χ1) is 13.7. The monoisotopic (exact) mass is 411 g/mol. The third-order valence-corrected chi connectivity index (χ3v) is 6.04. The van der Waals surface area contributed by atoms with Crippen LogP contribution in [0.4, 0.5) is 18.0 Å². The Morgan fingerprint density at radius 2 is 1.69 bits per heavy atom. The lowest BCUT2D eigenvalue weighted by Gasteiger charge is -2.36. The Morgan fingerprint density at radius 3 is 2.28 bits per heavy atom. The SMILES string of the molecule is Cc1cccc(C2(CNC(=O)N3CCN(C(=O)CC(F)(F)F)CC3)CCCC2)c1. The van der Waals surface area contributed by atoms with Gasteiger partial charge in [-0.15, -0.1) is 0 Å². The van der Waals surface area contributed by atoms with E-state index in [2.05, 4.69) is 30.4 Å². The molecule has 0 spiro atoms. The van der Waals surface area contributed by atoms with Crippen molar-refractivity contribution in [3.05, 3.63) is 35.4 Å². The van der Waals surface area contributed by atoms with Crippen molar-refractivity contribution in [1.29, 1.82) is 0 Å². The highest BCUT2D eigenvalue weighted by Crippen LogP contribution is 2.40. The number of carbonyl (C=O) groups excluding carboxylic acids is 2. The first-order valence-electron chi connectivity index (χ1n) is 10.1. The summed E-state index contributed by atoms with van der Waals surface area (Å²) in [5, 5.41) is 3.04. The molecule has 1 aromatic rings. The maximum absolute atomic E-state index is 12.6. The summed E-state index contributed by atoms with van der Waals surface area (Å²) < 4.78 is 37.2. The average molecular weight is 411 g/mol. The number of hydrogen-bond donors (Lipinski definition) is 1. The largest absolute Gasteiger partial charge is 0.397 e. The molecule has 1 aliphatic heterocycles. The fraction of sp³-hybridized carbons (Fsp3) is 0.619. The van der Waals surface area contributed by atoms with Crippen LogP contribution >= 0.6 is 0 Å². The van der Waals surface area contributed by atoms with Crippen LogP contribution < -0.4 is 5.32 Å². The van der Waals surface area contributed by atoms with Crippen LogP contribution in [0.2, 0.25) is 0 Å². The number of urea groups is 1. The molecule has 0 atom stereocenters. The lowest BCUT2D eigenvalue weighted by atomic mass is 9.78. The predicted molar refractivity (Wildman–Crippen MR) is 104 cm³/mol. The maximum atomic E-state index is 12.6. The van der Waals surface area contributed by atoms with E-state index >= 15 is 0 Å². The van der Waals surface area contributed by atoms with Gasteiger partial charge in [0.05, 0.1) is 0 Å².